The van der Waals surface area contributed by atoms with Crippen molar-refractivity contribution in [3.05, 3.63) is 24.3 Å². The zero-order valence-corrected chi connectivity index (χ0v) is 17.2. The van der Waals surface area contributed by atoms with Crippen LogP contribution < -0.4 is 10.2 Å². The minimum absolute atomic E-state index is 0.00203. The predicted octanol–water partition coefficient (Wildman–Crippen LogP) is 3.69. The molecule has 2 saturated heterocycles. The van der Waals surface area contributed by atoms with Gasteiger partial charge in [-0.1, -0.05) is 12.1 Å². The summed E-state index contributed by atoms with van der Waals surface area (Å²) < 4.78 is 29.3. The third kappa shape index (κ3) is 5.47. The van der Waals surface area contributed by atoms with Gasteiger partial charge in [0.25, 0.3) is 0 Å². The summed E-state index contributed by atoms with van der Waals surface area (Å²) in [4.78, 5) is 0. The maximum Gasteiger partial charge on any atom is 0.494 e. The average molecular weight is 376 g/mol. The maximum atomic E-state index is 6.08. The highest BCUT2D eigenvalue weighted by atomic mass is 16.7. The molecule has 0 aromatic heterocycles. The number of ether oxygens (including phenoxy) is 3. The van der Waals surface area contributed by atoms with Crippen molar-refractivity contribution in [1.82, 2.24) is 0 Å². The van der Waals surface area contributed by atoms with Gasteiger partial charge < -0.3 is 23.5 Å². The first kappa shape index (κ1) is 20.7. The molecule has 2 fully saturated rings. The number of rotatable bonds is 8. The van der Waals surface area contributed by atoms with E-state index in [1.54, 1.807) is 0 Å². The van der Waals surface area contributed by atoms with Crippen molar-refractivity contribution in [3.8, 4) is 5.75 Å². The van der Waals surface area contributed by atoms with Crippen LogP contribution in [-0.4, -0.2) is 44.4 Å². The quantitative estimate of drug-likeness (QED) is 0.512. The molecule has 150 valence electrons. The van der Waals surface area contributed by atoms with Crippen LogP contribution in [0.4, 0.5) is 0 Å². The maximum absolute atomic E-state index is 6.08. The van der Waals surface area contributed by atoms with Crippen molar-refractivity contribution in [3.63, 3.8) is 0 Å². The first-order valence-electron chi connectivity index (χ1n) is 10.2. The lowest BCUT2D eigenvalue weighted by molar-refractivity contribution is -0.162. The van der Waals surface area contributed by atoms with Gasteiger partial charge in [0, 0.05) is 13.2 Å². The topological polar surface area (TPSA) is 46.2 Å². The zero-order chi connectivity index (χ0) is 19.3. The van der Waals surface area contributed by atoms with Gasteiger partial charge >= 0.3 is 7.12 Å². The van der Waals surface area contributed by atoms with Crippen LogP contribution in [0.5, 0.6) is 5.75 Å². The van der Waals surface area contributed by atoms with Gasteiger partial charge in [-0.3, -0.25) is 0 Å². The molecule has 0 spiro atoms. The third-order valence-corrected chi connectivity index (χ3v) is 5.65. The molecule has 0 radical (unpaired) electrons. The highest BCUT2D eigenvalue weighted by Crippen LogP contribution is 2.36. The Morgan fingerprint density at radius 1 is 0.963 bits per heavy atom. The van der Waals surface area contributed by atoms with Crippen LogP contribution in [-0.2, 0) is 18.8 Å². The first-order chi connectivity index (χ1) is 12.9. The van der Waals surface area contributed by atoms with E-state index >= 15 is 0 Å². The van der Waals surface area contributed by atoms with E-state index in [4.69, 9.17) is 23.5 Å². The molecule has 3 rings (SSSR count). The lowest BCUT2D eigenvalue weighted by atomic mass is 9.79. The largest absolute Gasteiger partial charge is 0.494 e. The summed E-state index contributed by atoms with van der Waals surface area (Å²) in [5.41, 5.74) is 0.372. The van der Waals surface area contributed by atoms with Crippen LogP contribution in [0.15, 0.2) is 24.3 Å². The fourth-order valence-corrected chi connectivity index (χ4v) is 3.15. The normalized spacial score (nSPS) is 24.1. The molecule has 5 nitrogen and oxygen atoms in total. The van der Waals surface area contributed by atoms with Crippen LogP contribution in [0.25, 0.3) is 0 Å². The summed E-state index contributed by atoms with van der Waals surface area (Å²) in [7, 11) is -0.330. The van der Waals surface area contributed by atoms with E-state index in [9.17, 15) is 0 Å². The standard InChI is InChI=1S/C21H33BO5/c1-20(2)21(3,4)27-22(26-20)17-10-12-18(13-11-17)23-14-7-8-16-25-19-9-5-6-15-24-19/h10-13,19H,5-9,14-16H2,1-4H3. The minimum Gasteiger partial charge on any atom is -0.494 e. The summed E-state index contributed by atoms with van der Waals surface area (Å²) in [6.07, 6.45) is 5.32. The van der Waals surface area contributed by atoms with Crippen molar-refractivity contribution in [2.45, 2.75) is 77.3 Å². The molecule has 6 heteroatoms. The Balaban J connectivity index is 1.35. The molecule has 0 saturated carbocycles. The summed E-state index contributed by atoms with van der Waals surface area (Å²) in [6, 6.07) is 7.99. The van der Waals surface area contributed by atoms with Crippen LogP contribution in [0, 0.1) is 0 Å². The minimum atomic E-state index is -0.330. The Kier molecular flexibility index (Phi) is 6.85. The molecule has 1 aromatic carbocycles. The molecule has 0 bridgehead atoms. The second kappa shape index (κ2) is 8.95. The third-order valence-electron chi connectivity index (χ3n) is 5.65. The van der Waals surface area contributed by atoms with Gasteiger partial charge in [0.15, 0.2) is 6.29 Å². The monoisotopic (exact) mass is 376 g/mol. The highest BCUT2D eigenvalue weighted by Gasteiger charge is 2.51. The Labute approximate surface area is 163 Å². The molecule has 1 aromatic rings. The van der Waals surface area contributed by atoms with E-state index in [0.29, 0.717) is 6.61 Å². The zero-order valence-electron chi connectivity index (χ0n) is 17.2. The molecule has 1 unspecified atom stereocenters. The number of unbranched alkanes of at least 4 members (excludes halogenated alkanes) is 1. The Bertz CT molecular complexity index is 565. The summed E-state index contributed by atoms with van der Waals surface area (Å²) in [5.74, 6) is 0.867. The second-order valence-corrected chi connectivity index (χ2v) is 8.38. The molecule has 0 aliphatic carbocycles. The van der Waals surface area contributed by atoms with Gasteiger partial charge in [-0.05, 0) is 77.4 Å². The van der Waals surface area contributed by atoms with Crippen molar-refractivity contribution in [2.75, 3.05) is 19.8 Å². The van der Waals surface area contributed by atoms with Gasteiger partial charge in [0.1, 0.15) is 5.75 Å². The SMILES string of the molecule is CC1(C)OB(c2ccc(OCCCCOC3CCCCO3)cc2)OC1(C)C. The predicted molar refractivity (Wildman–Crippen MR) is 106 cm³/mol. The van der Waals surface area contributed by atoms with E-state index in [2.05, 4.69) is 27.7 Å². The van der Waals surface area contributed by atoms with E-state index in [0.717, 1.165) is 50.1 Å². The molecule has 2 heterocycles. The summed E-state index contributed by atoms with van der Waals surface area (Å²) >= 11 is 0. The molecular weight excluding hydrogens is 343 g/mol. The number of hydrogen-bond donors (Lipinski definition) is 0. The lowest BCUT2D eigenvalue weighted by Gasteiger charge is -2.32. The molecule has 2 aliphatic heterocycles. The van der Waals surface area contributed by atoms with Crippen molar-refractivity contribution in [1.29, 1.82) is 0 Å². The Morgan fingerprint density at radius 3 is 2.26 bits per heavy atom. The second-order valence-electron chi connectivity index (χ2n) is 8.38. The van der Waals surface area contributed by atoms with Crippen molar-refractivity contribution < 1.29 is 23.5 Å². The van der Waals surface area contributed by atoms with Crippen molar-refractivity contribution >= 4 is 12.6 Å². The smallest absolute Gasteiger partial charge is 0.494 e. The van der Waals surface area contributed by atoms with E-state index in [-0.39, 0.29) is 24.6 Å². The van der Waals surface area contributed by atoms with Crippen LogP contribution in [0.2, 0.25) is 0 Å². The van der Waals surface area contributed by atoms with Crippen LogP contribution in [0.3, 0.4) is 0 Å². The fraction of sp³-hybridized carbons (Fsp3) is 0.714. The molecular formula is C21H33BO5. The molecule has 0 N–H and O–H groups in total. The van der Waals surface area contributed by atoms with Gasteiger partial charge in [0.2, 0.25) is 0 Å². The van der Waals surface area contributed by atoms with Gasteiger partial charge in [0.05, 0.1) is 17.8 Å². The highest BCUT2D eigenvalue weighted by molar-refractivity contribution is 6.62. The number of benzene rings is 1. The van der Waals surface area contributed by atoms with Gasteiger partial charge in [-0.25, -0.2) is 0 Å². The lowest BCUT2D eigenvalue weighted by Crippen LogP contribution is -2.41. The molecule has 2 aliphatic rings. The summed E-state index contributed by atoms with van der Waals surface area (Å²) in [6.45, 7) is 10.5. The first-order valence-corrected chi connectivity index (χ1v) is 10.2. The van der Waals surface area contributed by atoms with Gasteiger partial charge in [-0.2, -0.15) is 0 Å². The molecule has 27 heavy (non-hydrogen) atoms. The number of hydrogen-bond acceptors (Lipinski definition) is 5. The molecule has 1 atom stereocenters. The van der Waals surface area contributed by atoms with Crippen LogP contribution >= 0.6 is 0 Å². The van der Waals surface area contributed by atoms with Crippen LogP contribution in [0.1, 0.15) is 59.8 Å². The average Bonchev–Trinajstić information content (AvgIpc) is 2.87. The summed E-state index contributed by atoms with van der Waals surface area (Å²) in [5, 5.41) is 0. The fourth-order valence-electron chi connectivity index (χ4n) is 3.15. The molecule has 0 amide bonds. The Hall–Kier alpha value is -1.08. The van der Waals surface area contributed by atoms with E-state index in [1.807, 2.05) is 24.3 Å². The van der Waals surface area contributed by atoms with Gasteiger partial charge in [-0.15, -0.1) is 0 Å². The van der Waals surface area contributed by atoms with E-state index in [1.165, 1.54) is 6.42 Å². The van der Waals surface area contributed by atoms with E-state index < -0.39 is 0 Å². The Morgan fingerprint density at radius 2 is 1.63 bits per heavy atom. The van der Waals surface area contributed by atoms with Crippen molar-refractivity contribution in [2.24, 2.45) is 0 Å².